The van der Waals surface area contributed by atoms with Crippen LogP contribution in [0.5, 0.6) is 17.2 Å². The molecule has 5 rings (SSSR count). The lowest BCUT2D eigenvalue weighted by Gasteiger charge is -2.25. The van der Waals surface area contributed by atoms with Crippen LogP contribution in [0.25, 0.3) is 0 Å². The zero-order valence-corrected chi connectivity index (χ0v) is 18.5. The number of para-hydroxylation sites is 2. The van der Waals surface area contributed by atoms with Crippen LogP contribution < -0.4 is 15.0 Å². The summed E-state index contributed by atoms with van der Waals surface area (Å²) in [5.74, 6) is 1.69. The first-order valence-electron chi connectivity index (χ1n) is 11.1. The Hall–Kier alpha value is -4.70. The molecule has 0 heterocycles. The van der Waals surface area contributed by atoms with Gasteiger partial charge in [0.15, 0.2) is 0 Å². The van der Waals surface area contributed by atoms with E-state index in [0.29, 0.717) is 0 Å². The van der Waals surface area contributed by atoms with E-state index in [1.807, 2.05) is 121 Å². The van der Waals surface area contributed by atoms with Gasteiger partial charge in [0.2, 0.25) is 0 Å². The molecule has 4 nitrogen and oxygen atoms in total. The molecule has 5 aromatic carbocycles. The average Bonchev–Trinajstić information content (AvgIpc) is 2.87. The largest absolute Gasteiger partial charge is 0.508 e. The van der Waals surface area contributed by atoms with E-state index in [0.717, 1.165) is 39.9 Å². The Labute approximate surface area is 199 Å². The van der Waals surface area contributed by atoms with Gasteiger partial charge >= 0.3 is 0 Å². The Kier molecular flexibility index (Phi) is 6.12. The van der Waals surface area contributed by atoms with E-state index in [-0.39, 0.29) is 5.75 Å². The van der Waals surface area contributed by atoms with Gasteiger partial charge in [-0.15, -0.1) is 0 Å². The second kappa shape index (κ2) is 9.84. The fraction of sp³-hybridized carbons (Fsp3) is 0. The molecule has 0 spiro atoms. The molecule has 0 atom stereocenters. The number of rotatable bonds is 7. The van der Waals surface area contributed by atoms with Crippen LogP contribution in [0.1, 0.15) is 0 Å². The molecule has 2 N–H and O–H groups in total. The number of aromatic hydroxyl groups is 1. The smallest absolute Gasteiger partial charge is 0.129 e. The average molecular weight is 445 g/mol. The fourth-order valence-electron chi connectivity index (χ4n) is 3.77. The lowest BCUT2D eigenvalue weighted by Crippen LogP contribution is -2.09. The van der Waals surface area contributed by atoms with Gasteiger partial charge in [-0.05, 0) is 72.8 Å². The van der Waals surface area contributed by atoms with E-state index in [2.05, 4.69) is 10.2 Å². The van der Waals surface area contributed by atoms with Gasteiger partial charge in [-0.1, -0.05) is 48.5 Å². The second-order valence-electron chi connectivity index (χ2n) is 7.81. The molecule has 0 saturated heterocycles. The van der Waals surface area contributed by atoms with Crippen molar-refractivity contribution < 1.29 is 9.84 Å². The fourth-order valence-corrected chi connectivity index (χ4v) is 3.77. The van der Waals surface area contributed by atoms with E-state index in [1.165, 1.54) is 0 Å². The summed E-state index contributed by atoms with van der Waals surface area (Å²) in [5.41, 5.74) is 4.81. The van der Waals surface area contributed by atoms with Gasteiger partial charge in [-0.2, -0.15) is 0 Å². The zero-order valence-electron chi connectivity index (χ0n) is 18.5. The molecular formula is C30H24N2O2. The van der Waals surface area contributed by atoms with Crippen molar-refractivity contribution in [1.82, 2.24) is 0 Å². The molecule has 166 valence electrons. The SMILES string of the molecule is Oc1cccc(N(c2ccccc2)c2cccc(Oc3ccc(Nc4ccccc4)cc3)c2)c1. The third-order valence-corrected chi connectivity index (χ3v) is 5.33. The quantitative estimate of drug-likeness (QED) is 0.264. The van der Waals surface area contributed by atoms with Crippen molar-refractivity contribution in [2.75, 3.05) is 10.2 Å². The van der Waals surface area contributed by atoms with Gasteiger partial charge in [0.05, 0.1) is 0 Å². The van der Waals surface area contributed by atoms with Crippen LogP contribution >= 0.6 is 0 Å². The molecule has 0 aliphatic carbocycles. The first-order valence-corrected chi connectivity index (χ1v) is 11.1. The van der Waals surface area contributed by atoms with E-state index < -0.39 is 0 Å². The van der Waals surface area contributed by atoms with Gasteiger partial charge in [0.1, 0.15) is 17.2 Å². The van der Waals surface area contributed by atoms with Gasteiger partial charge in [-0.3, -0.25) is 0 Å². The van der Waals surface area contributed by atoms with Gasteiger partial charge < -0.3 is 20.1 Å². The zero-order chi connectivity index (χ0) is 23.2. The summed E-state index contributed by atoms with van der Waals surface area (Å²) < 4.78 is 6.17. The highest BCUT2D eigenvalue weighted by atomic mass is 16.5. The van der Waals surface area contributed by atoms with Crippen molar-refractivity contribution in [3.63, 3.8) is 0 Å². The van der Waals surface area contributed by atoms with Crippen molar-refractivity contribution >= 4 is 28.4 Å². The third kappa shape index (κ3) is 5.03. The number of phenols is 1. The number of hydrogen-bond acceptors (Lipinski definition) is 4. The molecule has 0 aliphatic heterocycles. The van der Waals surface area contributed by atoms with E-state index >= 15 is 0 Å². The Morgan fingerprint density at radius 1 is 0.500 bits per heavy atom. The van der Waals surface area contributed by atoms with Crippen molar-refractivity contribution in [3.8, 4) is 17.2 Å². The number of hydrogen-bond donors (Lipinski definition) is 2. The molecule has 4 heteroatoms. The minimum Gasteiger partial charge on any atom is -0.508 e. The van der Waals surface area contributed by atoms with Crippen LogP contribution in [-0.2, 0) is 0 Å². The summed E-state index contributed by atoms with van der Waals surface area (Å²) in [6.07, 6.45) is 0. The van der Waals surface area contributed by atoms with Gasteiger partial charge in [-0.25, -0.2) is 0 Å². The summed E-state index contributed by atoms with van der Waals surface area (Å²) in [5, 5.41) is 13.4. The summed E-state index contributed by atoms with van der Waals surface area (Å²) in [4.78, 5) is 2.08. The minimum absolute atomic E-state index is 0.218. The molecule has 0 bridgehead atoms. The Morgan fingerprint density at radius 2 is 1.09 bits per heavy atom. The molecule has 0 saturated carbocycles. The standard InChI is InChI=1S/C30H24N2O2/c33-28-15-7-13-26(21-28)32(25-11-5-2-6-12-25)27-14-8-16-30(22-27)34-29-19-17-24(18-20-29)31-23-9-3-1-4-10-23/h1-22,31,33H. The number of nitrogens with zero attached hydrogens (tertiary/aromatic N) is 1. The van der Waals surface area contributed by atoms with Crippen molar-refractivity contribution in [3.05, 3.63) is 133 Å². The predicted molar refractivity (Wildman–Crippen MR) is 139 cm³/mol. The molecule has 0 aromatic heterocycles. The van der Waals surface area contributed by atoms with Crippen molar-refractivity contribution in [2.24, 2.45) is 0 Å². The maximum absolute atomic E-state index is 10.1. The van der Waals surface area contributed by atoms with E-state index in [9.17, 15) is 5.11 Å². The Morgan fingerprint density at radius 3 is 1.79 bits per heavy atom. The maximum Gasteiger partial charge on any atom is 0.129 e. The highest BCUT2D eigenvalue weighted by molar-refractivity contribution is 5.77. The first kappa shape index (κ1) is 21.2. The van der Waals surface area contributed by atoms with Crippen LogP contribution in [0, 0.1) is 0 Å². The molecule has 0 amide bonds. The van der Waals surface area contributed by atoms with Gasteiger partial charge in [0, 0.05) is 40.6 Å². The molecule has 0 radical (unpaired) electrons. The predicted octanol–water partition coefficient (Wildman–Crippen LogP) is 8.40. The van der Waals surface area contributed by atoms with Crippen LogP contribution in [0.15, 0.2) is 133 Å². The van der Waals surface area contributed by atoms with Crippen LogP contribution in [-0.4, -0.2) is 5.11 Å². The third-order valence-electron chi connectivity index (χ3n) is 5.33. The summed E-state index contributed by atoms with van der Waals surface area (Å²) in [6.45, 7) is 0. The lowest BCUT2D eigenvalue weighted by atomic mass is 10.2. The topological polar surface area (TPSA) is 44.7 Å². The molecule has 34 heavy (non-hydrogen) atoms. The van der Waals surface area contributed by atoms with Crippen molar-refractivity contribution in [1.29, 1.82) is 0 Å². The van der Waals surface area contributed by atoms with Crippen LogP contribution in [0.4, 0.5) is 28.4 Å². The first-order chi connectivity index (χ1) is 16.7. The number of phenolic OH excluding ortho intramolecular Hbond substituents is 1. The monoisotopic (exact) mass is 444 g/mol. The molecule has 5 aromatic rings. The Bertz CT molecular complexity index is 1350. The lowest BCUT2D eigenvalue weighted by molar-refractivity contribution is 0.475. The van der Waals surface area contributed by atoms with Crippen molar-refractivity contribution in [2.45, 2.75) is 0 Å². The summed E-state index contributed by atoms with van der Waals surface area (Å²) in [6, 6.07) is 43.1. The van der Waals surface area contributed by atoms with Gasteiger partial charge in [0.25, 0.3) is 0 Å². The number of ether oxygens (including phenoxy) is 1. The van der Waals surface area contributed by atoms with E-state index in [1.54, 1.807) is 12.1 Å². The molecule has 0 unspecified atom stereocenters. The Balaban J connectivity index is 1.40. The number of benzene rings is 5. The molecule has 0 fully saturated rings. The number of nitrogens with one attached hydrogen (secondary N) is 1. The summed E-state index contributed by atoms with van der Waals surface area (Å²) >= 11 is 0. The summed E-state index contributed by atoms with van der Waals surface area (Å²) in [7, 11) is 0. The van der Waals surface area contributed by atoms with E-state index in [4.69, 9.17) is 4.74 Å². The minimum atomic E-state index is 0.218. The highest BCUT2D eigenvalue weighted by Crippen LogP contribution is 2.37. The second-order valence-corrected chi connectivity index (χ2v) is 7.81. The normalized spacial score (nSPS) is 10.5. The molecular weight excluding hydrogens is 420 g/mol. The highest BCUT2D eigenvalue weighted by Gasteiger charge is 2.13. The van der Waals surface area contributed by atoms with Crippen LogP contribution in [0.2, 0.25) is 0 Å². The number of anilines is 5. The molecule has 0 aliphatic rings. The maximum atomic E-state index is 10.1. The van der Waals surface area contributed by atoms with Crippen LogP contribution in [0.3, 0.4) is 0 Å².